The average Bonchev–Trinajstić information content (AvgIpc) is 3.88. The monoisotopic (exact) mass is 870 g/mol. The highest BCUT2D eigenvalue weighted by molar-refractivity contribution is 7.22. The third kappa shape index (κ3) is 10.2. The summed E-state index contributed by atoms with van der Waals surface area (Å²) in [4.78, 5) is 32.2. The van der Waals surface area contributed by atoms with Gasteiger partial charge in [-0.05, 0) is 70.2 Å². The number of azo groups is 2. The molecule has 0 saturated carbocycles. The summed E-state index contributed by atoms with van der Waals surface area (Å²) in [6.07, 6.45) is 8.43. The van der Waals surface area contributed by atoms with Crippen molar-refractivity contribution in [3.05, 3.63) is 129 Å². The molecule has 0 saturated heterocycles. The molecule has 2 aromatic carbocycles. The second-order valence-electron chi connectivity index (χ2n) is 20.2. The quantitative estimate of drug-likeness (QED) is 0.140. The highest BCUT2D eigenvalue weighted by Gasteiger charge is 2.40. The van der Waals surface area contributed by atoms with Gasteiger partial charge in [-0.3, -0.25) is 9.59 Å². The molecular formula is C52H62N4O4S2. The van der Waals surface area contributed by atoms with E-state index < -0.39 is 12.1 Å². The van der Waals surface area contributed by atoms with Gasteiger partial charge in [0.1, 0.15) is 35.0 Å². The number of Topliss-reactive ketones (excluding diaryl/α,β-unsaturated/α-hetero) is 2. The van der Waals surface area contributed by atoms with Gasteiger partial charge in [0.05, 0.1) is 14.2 Å². The number of nitrogens with zero attached hydrogens (tertiary/aromatic N) is 4. The summed E-state index contributed by atoms with van der Waals surface area (Å²) in [6.45, 7) is 25.1. The van der Waals surface area contributed by atoms with Crippen molar-refractivity contribution >= 4 is 45.6 Å². The van der Waals surface area contributed by atoms with Gasteiger partial charge < -0.3 is 9.47 Å². The van der Waals surface area contributed by atoms with E-state index in [0.717, 1.165) is 41.8 Å². The lowest BCUT2D eigenvalue weighted by atomic mass is 9.70. The number of para-hydroxylation sites is 2. The maximum atomic E-state index is 14.0. The molecule has 4 aromatic rings. The van der Waals surface area contributed by atoms with Crippen molar-refractivity contribution in [2.24, 2.45) is 54.0 Å². The molecule has 2 heterocycles. The van der Waals surface area contributed by atoms with Crippen molar-refractivity contribution in [3.8, 4) is 21.3 Å². The first-order valence-corrected chi connectivity index (χ1v) is 22.9. The molecule has 10 heteroatoms. The molecule has 0 fully saturated rings. The standard InChI is InChI=1S/C52H62N4O4S2/c1-49(2,3)33-27-31(28-34(47(33)57)50(4,5)6)45(55-53-37-19-15-17-21-39(37)59-13)43-25-23-41(61-43)42-24-26-44(62-42)46(56-54-38-20-16-18-22-40(38)60-14)32-29-35(51(7,8)9)48(58)36(30-32)52(10,11)12/h15-32,45-46H,1-14H3. The van der Waals surface area contributed by atoms with Crippen LogP contribution in [0.5, 0.6) is 11.5 Å². The summed E-state index contributed by atoms with van der Waals surface area (Å²) < 4.78 is 11.3. The van der Waals surface area contributed by atoms with E-state index in [1.807, 2.05) is 48.5 Å². The molecule has 0 amide bonds. The van der Waals surface area contributed by atoms with Crippen LogP contribution in [0.15, 0.2) is 140 Å². The molecule has 2 aliphatic rings. The number of benzene rings is 2. The van der Waals surface area contributed by atoms with Crippen LogP contribution in [0.25, 0.3) is 9.75 Å². The molecule has 0 bridgehead atoms. The summed E-state index contributed by atoms with van der Waals surface area (Å²) in [6, 6.07) is 23.0. The Balaban J connectivity index is 1.47. The predicted molar refractivity (Wildman–Crippen MR) is 255 cm³/mol. The highest BCUT2D eigenvalue weighted by atomic mass is 32.1. The number of rotatable bonds is 11. The maximum Gasteiger partial charge on any atom is 0.185 e. The van der Waals surface area contributed by atoms with E-state index in [9.17, 15) is 9.59 Å². The summed E-state index contributed by atoms with van der Waals surface area (Å²) in [7, 11) is 3.27. The molecule has 0 N–H and O–H groups in total. The first kappa shape index (κ1) is 46.4. The molecule has 2 unspecified atom stereocenters. The minimum atomic E-state index is -0.412. The van der Waals surface area contributed by atoms with E-state index in [4.69, 9.17) is 29.9 Å². The van der Waals surface area contributed by atoms with Crippen LogP contribution >= 0.6 is 22.7 Å². The molecule has 0 aliphatic heterocycles. The first-order chi connectivity index (χ1) is 29.0. The second-order valence-corrected chi connectivity index (χ2v) is 22.4. The lowest BCUT2D eigenvalue weighted by molar-refractivity contribution is -0.115. The molecular weight excluding hydrogens is 809 g/mol. The summed E-state index contributed by atoms with van der Waals surface area (Å²) in [5.74, 6) is 1.01. The van der Waals surface area contributed by atoms with Crippen LogP contribution in [0.4, 0.5) is 11.4 Å². The molecule has 326 valence electrons. The van der Waals surface area contributed by atoms with Crippen LogP contribution in [-0.4, -0.2) is 25.8 Å². The fourth-order valence-corrected chi connectivity index (χ4v) is 10.1. The molecule has 2 aromatic heterocycles. The van der Waals surface area contributed by atoms with Crippen molar-refractivity contribution < 1.29 is 19.1 Å². The third-order valence-electron chi connectivity index (χ3n) is 11.2. The van der Waals surface area contributed by atoms with Gasteiger partial charge >= 0.3 is 0 Å². The zero-order chi connectivity index (χ0) is 45.4. The largest absolute Gasteiger partial charge is 0.494 e. The lowest BCUT2D eigenvalue weighted by Gasteiger charge is -2.34. The Morgan fingerprint density at radius 3 is 1.06 bits per heavy atom. The number of methoxy groups -OCH3 is 2. The van der Waals surface area contributed by atoms with Crippen LogP contribution in [0.1, 0.15) is 105 Å². The number of ether oxygens (including phenoxy) is 2. The SMILES string of the molecule is COc1ccccc1N=NC(c1ccc(-c2ccc(C(N=Nc3ccccc3OC)C3C=C(C(C)(C)C)C(=O)C(C(C)(C)C)=C3)s2)s1)C1C=C(C(C)(C)C)C(=O)C(C(C)(C)C)=C1. The molecule has 62 heavy (non-hydrogen) atoms. The summed E-state index contributed by atoms with van der Waals surface area (Å²) in [5, 5.41) is 19.7. The van der Waals surface area contributed by atoms with Crippen molar-refractivity contribution in [2.45, 2.75) is 95.2 Å². The maximum absolute atomic E-state index is 14.0. The Bertz CT molecular complexity index is 2260. The second kappa shape index (κ2) is 18.0. The number of thiophene rings is 2. The Morgan fingerprint density at radius 2 is 0.774 bits per heavy atom. The number of allylic oxidation sites excluding steroid dienone is 4. The molecule has 0 radical (unpaired) electrons. The van der Waals surface area contributed by atoms with Crippen LogP contribution < -0.4 is 9.47 Å². The fraction of sp³-hybridized carbons (Fsp3) is 0.423. The van der Waals surface area contributed by atoms with Crippen LogP contribution in [0, 0.1) is 33.5 Å². The topological polar surface area (TPSA) is 102 Å². The van der Waals surface area contributed by atoms with E-state index >= 15 is 0 Å². The van der Waals surface area contributed by atoms with Crippen LogP contribution in [-0.2, 0) is 9.59 Å². The minimum Gasteiger partial charge on any atom is -0.494 e. The number of hydrogen-bond donors (Lipinski definition) is 0. The van der Waals surface area contributed by atoms with Gasteiger partial charge in [0.15, 0.2) is 11.6 Å². The van der Waals surface area contributed by atoms with Gasteiger partial charge in [-0.25, -0.2) is 0 Å². The van der Waals surface area contributed by atoms with E-state index in [0.29, 0.717) is 22.9 Å². The van der Waals surface area contributed by atoms with E-state index in [2.05, 4.69) is 132 Å². The zero-order valence-electron chi connectivity index (χ0n) is 38.8. The molecule has 0 spiro atoms. The number of carbonyl (C=O) groups excluding carboxylic acids is 2. The highest BCUT2D eigenvalue weighted by Crippen LogP contribution is 2.49. The Morgan fingerprint density at radius 1 is 0.468 bits per heavy atom. The van der Waals surface area contributed by atoms with Crippen molar-refractivity contribution in [1.29, 1.82) is 0 Å². The van der Waals surface area contributed by atoms with E-state index in [-0.39, 0.29) is 45.1 Å². The molecule has 8 nitrogen and oxygen atoms in total. The van der Waals surface area contributed by atoms with Gasteiger partial charge in [-0.15, -0.1) is 22.7 Å². The van der Waals surface area contributed by atoms with Crippen molar-refractivity contribution in [2.75, 3.05) is 14.2 Å². The average molecular weight is 871 g/mol. The Kier molecular flexibility index (Phi) is 13.5. The number of carbonyl (C=O) groups is 2. The van der Waals surface area contributed by atoms with Gasteiger partial charge in [0.2, 0.25) is 0 Å². The van der Waals surface area contributed by atoms with Crippen LogP contribution in [0.3, 0.4) is 0 Å². The third-order valence-corrected chi connectivity index (χ3v) is 13.7. The number of ketones is 2. The summed E-state index contributed by atoms with van der Waals surface area (Å²) in [5.41, 5.74) is 2.96. The van der Waals surface area contributed by atoms with Crippen LogP contribution in [0.2, 0.25) is 0 Å². The van der Waals surface area contributed by atoms with Gasteiger partial charge in [-0.2, -0.15) is 20.5 Å². The Labute approximate surface area is 376 Å². The lowest BCUT2D eigenvalue weighted by Crippen LogP contribution is -2.30. The molecule has 6 rings (SSSR count). The van der Waals surface area contributed by atoms with Gasteiger partial charge in [0, 0.05) is 53.6 Å². The van der Waals surface area contributed by atoms with E-state index in [1.165, 1.54) is 0 Å². The normalized spacial score (nSPS) is 17.3. The van der Waals surface area contributed by atoms with Crippen molar-refractivity contribution in [3.63, 3.8) is 0 Å². The smallest absolute Gasteiger partial charge is 0.185 e. The summed E-state index contributed by atoms with van der Waals surface area (Å²) >= 11 is 3.36. The minimum absolute atomic E-state index is 0.0910. The zero-order valence-corrected chi connectivity index (χ0v) is 40.4. The predicted octanol–water partition coefficient (Wildman–Crippen LogP) is 15.4. The fourth-order valence-electron chi connectivity index (χ4n) is 7.80. The van der Waals surface area contributed by atoms with Crippen molar-refractivity contribution in [1.82, 2.24) is 0 Å². The van der Waals surface area contributed by atoms with E-state index in [1.54, 1.807) is 36.9 Å². The molecule has 2 aliphatic carbocycles. The Hall–Kier alpha value is -5.06. The molecule has 2 atom stereocenters. The van der Waals surface area contributed by atoms with Gasteiger partial charge in [-0.1, -0.05) is 132 Å². The first-order valence-electron chi connectivity index (χ1n) is 21.3. The van der Waals surface area contributed by atoms with Gasteiger partial charge in [0.25, 0.3) is 0 Å². The number of hydrogen-bond acceptors (Lipinski definition) is 10.